The van der Waals surface area contributed by atoms with E-state index >= 15 is 0 Å². The van der Waals surface area contributed by atoms with Gasteiger partial charge in [-0.1, -0.05) is 37.3 Å². The summed E-state index contributed by atoms with van der Waals surface area (Å²) in [4.78, 5) is 30.6. The zero-order valence-electron chi connectivity index (χ0n) is 15.9. The van der Waals surface area contributed by atoms with E-state index in [0.717, 1.165) is 5.56 Å². The Morgan fingerprint density at radius 2 is 2.07 bits per heavy atom. The van der Waals surface area contributed by atoms with E-state index in [-0.39, 0.29) is 23.3 Å². The van der Waals surface area contributed by atoms with E-state index in [1.54, 1.807) is 11.8 Å². The molecule has 0 saturated carbocycles. The van der Waals surface area contributed by atoms with Gasteiger partial charge in [-0.25, -0.2) is 4.98 Å². The molecule has 1 fully saturated rings. The lowest BCUT2D eigenvalue weighted by Gasteiger charge is -2.36. The first-order valence-corrected chi connectivity index (χ1v) is 9.48. The maximum atomic E-state index is 12.6. The van der Waals surface area contributed by atoms with Gasteiger partial charge in [-0.15, -0.1) is 0 Å². The molecule has 144 valence electrons. The van der Waals surface area contributed by atoms with Crippen LogP contribution >= 0.6 is 0 Å². The third-order valence-corrected chi connectivity index (χ3v) is 5.37. The Bertz CT molecular complexity index is 834. The van der Waals surface area contributed by atoms with Crippen molar-refractivity contribution < 1.29 is 9.90 Å². The number of benzene rings is 1. The highest BCUT2D eigenvalue weighted by atomic mass is 16.3. The van der Waals surface area contributed by atoms with Gasteiger partial charge in [-0.3, -0.25) is 14.2 Å². The van der Waals surface area contributed by atoms with Crippen molar-refractivity contribution >= 4 is 5.91 Å². The number of aromatic nitrogens is 2. The minimum Gasteiger partial charge on any atom is -0.391 e. The van der Waals surface area contributed by atoms with Crippen LogP contribution in [0.3, 0.4) is 0 Å². The summed E-state index contributed by atoms with van der Waals surface area (Å²) < 4.78 is 1.54. The highest BCUT2D eigenvalue weighted by Crippen LogP contribution is 2.23. The molecular weight excluding hydrogens is 342 g/mol. The zero-order chi connectivity index (χ0) is 19.4. The molecule has 0 bridgehead atoms. The van der Waals surface area contributed by atoms with Crippen molar-refractivity contribution in [2.45, 2.75) is 45.3 Å². The first kappa shape index (κ1) is 19.3. The van der Waals surface area contributed by atoms with Gasteiger partial charge in [0.1, 0.15) is 0 Å². The van der Waals surface area contributed by atoms with Crippen LogP contribution < -0.4 is 5.56 Å². The van der Waals surface area contributed by atoms with Gasteiger partial charge in [0.2, 0.25) is 5.91 Å². The monoisotopic (exact) mass is 369 g/mol. The number of carbonyl (C=O) groups excluding carboxylic acids is 1. The smallest absolute Gasteiger partial charge is 0.253 e. The number of nitrogens with zero attached hydrogens (tertiary/aromatic N) is 3. The fourth-order valence-corrected chi connectivity index (χ4v) is 3.62. The quantitative estimate of drug-likeness (QED) is 0.874. The van der Waals surface area contributed by atoms with Crippen LogP contribution in [0.15, 0.2) is 47.5 Å². The van der Waals surface area contributed by atoms with Crippen LogP contribution in [0.5, 0.6) is 0 Å². The lowest BCUT2D eigenvalue weighted by Crippen LogP contribution is -2.48. The van der Waals surface area contributed by atoms with E-state index < -0.39 is 6.10 Å². The topological polar surface area (TPSA) is 75.4 Å². The molecule has 3 rings (SSSR count). The van der Waals surface area contributed by atoms with E-state index in [1.165, 1.54) is 17.0 Å². The number of piperidine rings is 1. The zero-order valence-corrected chi connectivity index (χ0v) is 15.9. The number of rotatable bonds is 5. The van der Waals surface area contributed by atoms with Crippen LogP contribution in [0.1, 0.15) is 36.9 Å². The molecule has 3 atom stereocenters. The molecule has 6 heteroatoms. The minimum atomic E-state index is -0.636. The molecule has 1 aromatic carbocycles. The van der Waals surface area contributed by atoms with Gasteiger partial charge in [0, 0.05) is 43.7 Å². The molecule has 2 aromatic rings. The van der Waals surface area contributed by atoms with Crippen molar-refractivity contribution in [2.75, 3.05) is 13.1 Å². The second kappa shape index (κ2) is 8.48. The molecule has 0 spiro atoms. The van der Waals surface area contributed by atoms with Gasteiger partial charge >= 0.3 is 0 Å². The van der Waals surface area contributed by atoms with E-state index in [2.05, 4.69) is 4.98 Å². The predicted octanol–water partition coefficient (Wildman–Crippen LogP) is 1.95. The maximum absolute atomic E-state index is 12.6. The molecule has 2 unspecified atom stereocenters. The van der Waals surface area contributed by atoms with E-state index in [4.69, 9.17) is 0 Å². The number of likely N-dealkylation sites (tertiary alicyclic amines) is 1. The molecule has 1 saturated heterocycles. The molecule has 1 amide bonds. The summed E-state index contributed by atoms with van der Waals surface area (Å²) in [5.41, 5.74) is 1.72. The summed E-state index contributed by atoms with van der Waals surface area (Å²) >= 11 is 0. The van der Waals surface area contributed by atoms with E-state index in [9.17, 15) is 14.7 Å². The van der Waals surface area contributed by atoms with Gasteiger partial charge in [-0.05, 0) is 24.8 Å². The van der Waals surface area contributed by atoms with Crippen LogP contribution in [0.4, 0.5) is 0 Å². The predicted molar refractivity (Wildman–Crippen MR) is 103 cm³/mol. The van der Waals surface area contributed by atoms with Crippen molar-refractivity contribution in [3.8, 4) is 0 Å². The largest absolute Gasteiger partial charge is 0.391 e. The number of aliphatic hydroxyl groups excluding tert-OH is 1. The third kappa shape index (κ3) is 4.83. The average Bonchev–Trinajstić information content (AvgIpc) is 2.66. The van der Waals surface area contributed by atoms with Crippen LogP contribution in [0, 0.1) is 12.8 Å². The Morgan fingerprint density at radius 3 is 2.74 bits per heavy atom. The second-order valence-electron chi connectivity index (χ2n) is 7.49. The van der Waals surface area contributed by atoms with Gasteiger partial charge in [0.05, 0.1) is 12.4 Å². The third-order valence-electron chi connectivity index (χ3n) is 5.37. The fourth-order valence-electron chi connectivity index (χ4n) is 3.62. The lowest BCUT2D eigenvalue weighted by molar-refractivity contribution is -0.136. The van der Waals surface area contributed by atoms with Crippen LogP contribution in [-0.4, -0.2) is 44.7 Å². The van der Waals surface area contributed by atoms with Crippen LogP contribution in [-0.2, 0) is 11.3 Å². The number of hydrogen-bond acceptors (Lipinski definition) is 4. The number of aliphatic hydroxyl groups is 1. The van der Waals surface area contributed by atoms with Gasteiger partial charge < -0.3 is 10.0 Å². The number of β-amino-alcohol motifs (C(OH)–C–C–N with tert-alkyl or cyclic N) is 1. The molecular formula is C21H27N3O3. The number of hydrogen-bond donors (Lipinski definition) is 1. The molecule has 1 aliphatic heterocycles. The first-order valence-electron chi connectivity index (χ1n) is 9.48. The molecule has 6 nitrogen and oxygen atoms in total. The molecule has 1 aromatic heterocycles. The highest BCUT2D eigenvalue weighted by molar-refractivity contribution is 5.77. The minimum absolute atomic E-state index is 0.0530. The Balaban J connectivity index is 1.56. The summed E-state index contributed by atoms with van der Waals surface area (Å²) in [7, 11) is 0. The first-order chi connectivity index (χ1) is 12.9. The van der Waals surface area contributed by atoms with Gasteiger partial charge in [-0.2, -0.15) is 0 Å². The molecule has 1 N–H and O–H groups in total. The lowest BCUT2D eigenvalue weighted by atomic mass is 9.92. The Kier molecular flexibility index (Phi) is 6.06. The Morgan fingerprint density at radius 1 is 1.33 bits per heavy atom. The van der Waals surface area contributed by atoms with Gasteiger partial charge in [0.15, 0.2) is 0 Å². The maximum Gasteiger partial charge on any atom is 0.253 e. The second-order valence-corrected chi connectivity index (χ2v) is 7.49. The molecule has 0 radical (unpaired) electrons. The van der Waals surface area contributed by atoms with Crippen molar-refractivity contribution in [3.05, 3.63) is 64.3 Å². The van der Waals surface area contributed by atoms with Crippen LogP contribution in [0.2, 0.25) is 0 Å². The molecule has 0 aliphatic carbocycles. The van der Waals surface area contributed by atoms with Crippen LogP contribution in [0.25, 0.3) is 0 Å². The molecule has 27 heavy (non-hydrogen) atoms. The van der Waals surface area contributed by atoms with E-state index in [1.807, 2.05) is 37.3 Å². The number of carbonyl (C=O) groups is 1. The normalized spacial score (nSPS) is 21.1. The molecule has 1 aliphatic rings. The molecule has 2 heterocycles. The standard InChI is InChI=1S/C21H27N3O3/c1-15(17-6-4-3-5-7-17)10-20(26)23-9-8-18(19(25)13-23)12-24-14-22-16(2)11-21(24)27/h3-7,11,14-15,18-19,25H,8-10,12-13H2,1-2H3/t15-,18?,19?/m1/s1. The summed E-state index contributed by atoms with van der Waals surface area (Å²) in [5.74, 6) is 0.159. The number of amides is 1. The highest BCUT2D eigenvalue weighted by Gasteiger charge is 2.31. The SMILES string of the molecule is Cc1cc(=O)n(CC2CCN(C(=O)C[C@@H](C)c3ccccc3)CC2O)cn1. The number of aryl methyl sites for hydroxylation is 1. The summed E-state index contributed by atoms with van der Waals surface area (Å²) in [6.07, 6.45) is 2.00. The fraction of sp³-hybridized carbons (Fsp3) is 0.476. The Hall–Kier alpha value is -2.47. The Labute approximate surface area is 159 Å². The van der Waals surface area contributed by atoms with E-state index in [0.29, 0.717) is 38.2 Å². The van der Waals surface area contributed by atoms with Crippen molar-refractivity contribution in [1.29, 1.82) is 0 Å². The van der Waals surface area contributed by atoms with Crippen molar-refractivity contribution in [3.63, 3.8) is 0 Å². The van der Waals surface area contributed by atoms with Crippen molar-refractivity contribution in [1.82, 2.24) is 14.5 Å². The van der Waals surface area contributed by atoms with Crippen molar-refractivity contribution in [2.24, 2.45) is 5.92 Å². The summed E-state index contributed by atoms with van der Waals surface area (Å²) in [5, 5.41) is 10.5. The summed E-state index contributed by atoms with van der Waals surface area (Å²) in [6.45, 7) is 5.18. The average molecular weight is 369 g/mol. The van der Waals surface area contributed by atoms with Gasteiger partial charge in [0.25, 0.3) is 5.56 Å². The summed E-state index contributed by atoms with van der Waals surface area (Å²) in [6, 6.07) is 11.5.